The summed E-state index contributed by atoms with van der Waals surface area (Å²) in [5, 5.41) is 4.37. The fourth-order valence-corrected chi connectivity index (χ4v) is 3.65. The second-order valence-corrected chi connectivity index (χ2v) is 8.89. The first kappa shape index (κ1) is 23.0. The molecule has 0 bridgehead atoms. The third kappa shape index (κ3) is 7.56. The number of anilines is 1. The Labute approximate surface area is 180 Å². The van der Waals surface area contributed by atoms with Gasteiger partial charge >= 0.3 is 0 Å². The number of hydrogen-bond donors (Lipinski definition) is 1. The number of sulfonamides is 1. The van der Waals surface area contributed by atoms with Crippen LogP contribution in [-0.4, -0.2) is 39.9 Å². The summed E-state index contributed by atoms with van der Waals surface area (Å²) in [6, 6.07) is 11.5. The summed E-state index contributed by atoms with van der Waals surface area (Å²) in [6.45, 7) is 2.18. The SMILES string of the molecule is CCCOc1ccc(/C=N/NC(=O)CN(c2cc(Cl)cc(Cl)c2)S(C)(=O)=O)cc1. The number of amides is 1. The van der Waals surface area contributed by atoms with Crippen LogP contribution < -0.4 is 14.5 Å². The number of ether oxygens (including phenoxy) is 1. The molecule has 0 aliphatic rings. The van der Waals surface area contributed by atoms with Crippen molar-refractivity contribution in [2.75, 3.05) is 23.7 Å². The van der Waals surface area contributed by atoms with Crippen molar-refractivity contribution in [2.24, 2.45) is 5.10 Å². The number of halogens is 2. The van der Waals surface area contributed by atoms with Gasteiger partial charge in [-0.1, -0.05) is 30.1 Å². The number of carbonyl (C=O) groups is 1. The Morgan fingerprint density at radius 2 is 1.79 bits per heavy atom. The Hall–Kier alpha value is -2.29. The van der Waals surface area contributed by atoms with Crippen molar-refractivity contribution in [3.05, 3.63) is 58.1 Å². The van der Waals surface area contributed by atoms with Crippen LogP contribution in [-0.2, 0) is 14.8 Å². The largest absolute Gasteiger partial charge is 0.494 e. The minimum atomic E-state index is -3.75. The summed E-state index contributed by atoms with van der Waals surface area (Å²) in [5.74, 6) is 0.127. The second kappa shape index (κ2) is 10.5. The number of rotatable bonds is 9. The molecule has 7 nitrogen and oxygen atoms in total. The topological polar surface area (TPSA) is 88.1 Å². The van der Waals surface area contributed by atoms with Crippen molar-refractivity contribution in [3.63, 3.8) is 0 Å². The molecular weight excluding hydrogens is 437 g/mol. The summed E-state index contributed by atoms with van der Waals surface area (Å²) in [6.07, 6.45) is 3.35. The van der Waals surface area contributed by atoms with Gasteiger partial charge in [-0.15, -0.1) is 0 Å². The Morgan fingerprint density at radius 1 is 1.17 bits per heavy atom. The number of hydrogen-bond acceptors (Lipinski definition) is 5. The second-order valence-electron chi connectivity index (χ2n) is 6.11. The molecule has 0 spiro atoms. The van der Waals surface area contributed by atoms with Crippen molar-refractivity contribution < 1.29 is 17.9 Å². The molecule has 1 amide bonds. The summed E-state index contributed by atoms with van der Waals surface area (Å²) >= 11 is 11.9. The normalized spacial score (nSPS) is 11.4. The predicted octanol–water partition coefficient (Wildman–Crippen LogP) is 3.70. The molecule has 0 aliphatic heterocycles. The maximum Gasteiger partial charge on any atom is 0.260 e. The zero-order chi connectivity index (χ0) is 21.4. The molecule has 0 fully saturated rings. The Morgan fingerprint density at radius 3 is 2.34 bits per heavy atom. The van der Waals surface area contributed by atoms with Crippen LogP contribution in [0.4, 0.5) is 5.69 Å². The van der Waals surface area contributed by atoms with E-state index in [0.717, 1.165) is 28.3 Å². The van der Waals surface area contributed by atoms with E-state index in [4.69, 9.17) is 27.9 Å². The molecule has 0 atom stereocenters. The highest BCUT2D eigenvalue weighted by Crippen LogP contribution is 2.26. The van der Waals surface area contributed by atoms with Crippen LogP contribution in [0.1, 0.15) is 18.9 Å². The lowest BCUT2D eigenvalue weighted by Gasteiger charge is -2.21. The molecule has 2 rings (SSSR count). The van der Waals surface area contributed by atoms with Gasteiger partial charge in [-0.3, -0.25) is 9.10 Å². The Kier molecular flexibility index (Phi) is 8.31. The molecule has 10 heteroatoms. The molecule has 0 saturated carbocycles. The van der Waals surface area contributed by atoms with Gasteiger partial charge in [-0.2, -0.15) is 5.10 Å². The average Bonchev–Trinajstić information content (AvgIpc) is 2.63. The molecule has 0 saturated heterocycles. The fraction of sp³-hybridized carbons (Fsp3) is 0.263. The van der Waals surface area contributed by atoms with Gasteiger partial charge in [0, 0.05) is 10.0 Å². The highest BCUT2D eigenvalue weighted by Gasteiger charge is 2.21. The number of nitrogens with one attached hydrogen (secondary N) is 1. The first-order valence-electron chi connectivity index (χ1n) is 8.67. The lowest BCUT2D eigenvalue weighted by molar-refractivity contribution is -0.119. The van der Waals surface area contributed by atoms with E-state index in [0.29, 0.717) is 6.61 Å². The third-order valence-electron chi connectivity index (χ3n) is 3.58. The minimum absolute atomic E-state index is 0.187. The van der Waals surface area contributed by atoms with Gasteiger partial charge in [-0.05, 0) is 54.4 Å². The van der Waals surface area contributed by atoms with Crippen molar-refractivity contribution in [1.82, 2.24) is 5.43 Å². The van der Waals surface area contributed by atoms with Crippen molar-refractivity contribution in [2.45, 2.75) is 13.3 Å². The van der Waals surface area contributed by atoms with Crippen LogP contribution in [0.5, 0.6) is 5.75 Å². The molecular formula is C19H21Cl2N3O4S. The quantitative estimate of drug-likeness (QED) is 0.459. The summed E-state index contributed by atoms with van der Waals surface area (Å²) < 4.78 is 30.6. The number of benzene rings is 2. The van der Waals surface area contributed by atoms with Crippen molar-refractivity contribution >= 4 is 51.0 Å². The first-order chi connectivity index (χ1) is 13.7. The van der Waals surface area contributed by atoms with Gasteiger partial charge < -0.3 is 4.74 Å². The highest BCUT2D eigenvalue weighted by atomic mass is 35.5. The maximum atomic E-state index is 12.2. The zero-order valence-electron chi connectivity index (χ0n) is 15.9. The Bertz CT molecular complexity index is 959. The lowest BCUT2D eigenvalue weighted by Crippen LogP contribution is -2.39. The van der Waals surface area contributed by atoms with Gasteiger partial charge in [0.1, 0.15) is 12.3 Å². The van der Waals surface area contributed by atoms with E-state index in [9.17, 15) is 13.2 Å². The summed E-state index contributed by atoms with van der Waals surface area (Å²) in [5.41, 5.74) is 3.24. The van der Waals surface area contributed by atoms with E-state index < -0.39 is 22.5 Å². The smallest absolute Gasteiger partial charge is 0.260 e. The van der Waals surface area contributed by atoms with Gasteiger partial charge in [0.15, 0.2) is 0 Å². The van der Waals surface area contributed by atoms with Crippen LogP contribution >= 0.6 is 23.2 Å². The van der Waals surface area contributed by atoms with E-state index in [-0.39, 0.29) is 15.7 Å². The van der Waals surface area contributed by atoms with Gasteiger partial charge in [0.25, 0.3) is 5.91 Å². The zero-order valence-corrected chi connectivity index (χ0v) is 18.3. The van der Waals surface area contributed by atoms with E-state index >= 15 is 0 Å². The van der Waals surface area contributed by atoms with Crippen molar-refractivity contribution in [3.8, 4) is 5.75 Å². The minimum Gasteiger partial charge on any atom is -0.494 e. The summed E-state index contributed by atoms with van der Waals surface area (Å²) in [7, 11) is -3.75. The molecule has 156 valence electrons. The van der Waals surface area contributed by atoms with Gasteiger partial charge in [0.05, 0.1) is 24.8 Å². The van der Waals surface area contributed by atoms with E-state index in [1.54, 1.807) is 24.3 Å². The van der Waals surface area contributed by atoms with Gasteiger partial charge in [-0.25, -0.2) is 13.8 Å². The lowest BCUT2D eigenvalue weighted by atomic mass is 10.2. The number of hydrazone groups is 1. The molecule has 0 radical (unpaired) electrons. The van der Waals surface area contributed by atoms with Crippen LogP contribution in [0.25, 0.3) is 0 Å². The Balaban J connectivity index is 2.02. The molecule has 2 aromatic rings. The van der Waals surface area contributed by atoms with Crippen LogP contribution in [0.2, 0.25) is 10.0 Å². The van der Waals surface area contributed by atoms with Crippen LogP contribution in [0.15, 0.2) is 47.6 Å². The monoisotopic (exact) mass is 457 g/mol. The number of carbonyl (C=O) groups excluding carboxylic acids is 1. The molecule has 0 unspecified atom stereocenters. The van der Waals surface area contributed by atoms with Crippen LogP contribution in [0, 0.1) is 0 Å². The molecule has 1 N–H and O–H groups in total. The highest BCUT2D eigenvalue weighted by molar-refractivity contribution is 7.92. The molecule has 29 heavy (non-hydrogen) atoms. The molecule has 0 aromatic heterocycles. The van der Waals surface area contributed by atoms with E-state index in [2.05, 4.69) is 10.5 Å². The summed E-state index contributed by atoms with van der Waals surface area (Å²) in [4.78, 5) is 12.2. The van der Waals surface area contributed by atoms with Crippen LogP contribution in [0.3, 0.4) is 0 Å². The van der Waals surface area contributed by atoms with Crippen molar-refractivity contribution in [1.29, 1.82) is 0 Å². The average molecular weight is 458 g/mol. The predicted molar refractivity (Wildman–Crippen MR) is 117 cm³/mol. The molecule has 2 aromatic carbocycles. The number of nitrogens with zero attached hydrogens (tertiary/aromatic N) is 2. The maximum absolute atomic E-state index is 12.2. The standard InChI is InChI=1S/C19H21Cl2N3O4S/c1-3-8-28-18-6-4-14(5-7-18)12-22-23-19(25)13-24(29(2,26)27)17-10-15(20)9-16(21)11-17/h4-7,9-12H,3,8,13H2,1-2H3,(H,23,25)/b22-12+. The third-order valence-corrected chi connectivity index (χ3v) is 5.16. The van der Waals surface area contributed by atoms with E-state index in [1.165, 1.54) is 24.4 Å². The fourth-order valence-electron chi connectivity index (χ4n) is 2.30. The first-order valence-corrected chi connectivity index (χ1v) is 11.3. The molecule has 0 heterocycles. The molecule has 0 aliphatic carbocycles. The van der Waals surface area contributed by atoms with E-state index in [1.807, 2.05) is 6.92 Å². The van der Waals surface area contributed by atoms with Gasteiger partial charge in [0.2, 0.25) is 10.0 Å².